The average Bonchev–Trinajstić information content (AvgIpc) is 2.29. The van der Waals surface area contributed by atoms with Crippen LogP contribution >= 0.6 is 0 Å². The SMILES string of the molecule is CCOC(=O)c1ccc(N=C=O)cc1OC. The highest BCUT2D eigenvalue weighted by Gasteiger charge is 2.13. The van der Waals surface area contributed by atoms with Crippen LogP contribution in [0, 0.1) is 0 Å². The fraction of sp³-hybridized carbons (Fsp3) is 0.273. The van der Waals surface area contributed by atoms with E-state index in [-0.39, 0.29) is 6.61 Å². The molecule has 0 bridgehead atoms. The highest BCUT2D eigenvalue weighted by atomic mass is 16.5. The van der Waals surface area contributed by atoms with Crippen LogP contribution in [0.5, 0.6) is 5.75 Å². The van der Waals surface area contributed by atoms with Gasteiger partial charge in [-0.05, 0) is 19.1 Å². The number of carbonyl (C=O) groups is 1. The molecule has 5 heteroatoms. The number of aliphatic imine (C=N–C) groups is 1. The van der Waals surface area contributed by atoms with Crippen molar-refractivity contribution < 1.29 is 19.1 Å². The summed E-state index contributed by atoms with van der Waals surface area (Å²) in [6.07, 6.45) is 1.41. The van der Waals surface area contributed by atoms with Gasteiger partial charge in [0, 0.05) is 6.07 Å². The van der Waals surface area contributed by atoms with E-state index in [1.54, 1.807) is 6.92 Å². The molecule has 0 aliphatic carbocycles. The van der Waals surface area contributed by atoms with Crippen LogP contribution in [0.15, 0.2) is 23.2 Å². The molecule has 84 valence electrons. The molecule has 0 aliphatic rings. The first-order chi connectivity index (χ1) is 7.72. The highest BCUT2D eigenvalue weighted by molar-refractivity contribution is 5.93. The number of hydrogen-bond acceptors (Lipinski definition) is 5. The van der Waals surface area contributed by atoms with Gasteiger partial charge in [0.15, 0.2) is 0 Å². The molecule has 0 amide bonds. The lowest BCUT2D eigenvalue weighted by molar-refractivity contribution is 0.0523. The zero-order valence-corrected chi connectivity index (χ0v) is 9.02. The van der Waals surface area contributed by atoms with Crippen molar-refractivity contribution in [1.82, 2.24) is 0 Å². The van der Waals surface area contributed by atoms with Crippen molar-refractivity contribution in [3.63, 3.8) is 0 Å². The van der Waals surface area contributed by atoms with E-state index in [9.17, 15) is 9.59 Å². The number of hydrogen-bond donors (Lipinski definition) is 0. The molecule has 0 fully saturated rings. The summed E-state index contributed by atoms with van der Waals surface area (Å²) in [5, 5.41) is 0. The number of rotatable bonds is 4. The van der Waals surface area contributed by atoms with Gasteiger partial charge in [-0.2, -0.15) is 4.99 Å². The van der Waals surface area contributed by atoms with Crippen LogP contribution in [0.4, 0.5) is 5.69 Å². The van der Waals surface area contributed by atoms with E-state index >= 15 is 0 Å². The van der Waals surface area contributed by atoms with E-state index < -0.39 is 5.97 Å². The lowest BCUT2D eigenvalue weighted by Crippen LogP contribution is -2.06. The van der Waals surface area contributed by atoms with Gasteiger partial charge in [0.05, 0.1) is 19.4 Å². The Kier molecular flexibility index (Phi) is 4.24. The molecule has 0 aliphatic heterocycles. The zero-order valence-electron chi connectivity index (χ0n) is 9.02. The van der Waals surface area contributed by atoms with Gasteiger partial charge in [-0.1, -0.05) is 0 Å². The molecule has 0 unspecified atom stereocenters. The van der Waals surface area contributed by atoms with E-state index in [1.807, 2.05) is 0 Å². The minimum absolute atomic E-state index is 0.288. The number of nitrogens with zero attached hydrogens (tertiary/aromatic N) is 1. The summed E-state index contributed by atoms with van der Waals surface area (Å²) >= 11 is 0. The van der Waals surface area contributed by atoms with E-state index in [1.165, 1.54) is 31.4 Å². The van der Waals surface area contributed by atoms with E-state index in [4.69, 9.17) is 9.47 Å². The monoisotopic (exact) mass is 221 g/mol. The third kappa shape index (κ3) is 2.68. The smallest absolute Gasteiger partial charge is 0.341 e. The first-order valence-electron chi connectivity index (χ1n) is 4.66. The molecule has 0 aromatic heterocycles. The van der Waals surface area contributed by atoms with Gasteiger partial charge in [0.25, 0.3) is 0 Å². The Balaban J connectivity index is 3.10. The minimum Gasteiger partial charge on any atom is -0.496 e. The summed E-state index contributed by atoms with van der Waals surface area (Å²) in [5.41, 5.74) is 0.675. The fourth-order valence-corrected chi connectivity index (χ4v) is 1.18. The molecule has 1 aromatic carbocycles. The van der Waals surface area contributed by atoms with Crippen LogP contribution in [-0.2, 0) is 9.53 Å². The Morgan fingerprint density at radius 3 is 2.81 bits per heavy atom. The number of carbonyl (C=O) groups excluding carboxylic acids is 2. The number of isocyanates is 1. The Bertz CT molecular complexity index is 436. The second-order valence-corrected chi connectivity index (χ2v) is 2.81. The first kappa shape index (κ1) is 11.9. The van der Waals surface area contributed by atoms with Crippen molar-refractivity contribution in [2.75, 3.05) is 13.7 Å². The normalized spacial score (nSPS) is 9.12. The molecule has 5 nitrogen and oxygen atoms in total. The molecule has 0 saturated heterocycles. The van der Waals surface area contributed by atoms with Gasteiger partial charge >= 0.3 is 5.97 Å². The van der Waals surface area contributed by atoms with Gasteiger partial charge in [0.1, 0.15) is 11.3 Å². The molecule has 0 heterocycles. The third-order valence-electron chi connectivity index (χ3n) is 1.86. The van der Waals surface area contributed by atoms with Crippen LogP contribution in [0.3, 0.4) is 0 Å². The second-order valence-electron chi connectivity index (χ2n) is 2.81. The molecule has 0 spiro atoms. The van der Waals surface area contributed by atoms with Crippen LogP contribution in [0.1, 0.15) is 17.3 Å². The van der Waals surface area contributed by atoms with Crippen molar-refractivity contribution in [2.45, 2.75) is 6.92 Å². The first-order valence-corrected chi connectivity index (χ1v) is 4.66. The Hall–Kier alpha value is -2.13. The van der Waals surface area contributed by atoms with Crippen LogP contribution in [0.2, 0.25) is 0 Å². The fourth-order valence-electron chi connectivity index (χ4n) is 1.18. The summed E-state index contributed by atoms with van der Waals surface area (Å²) in [5.74, 6) is -0.157. The molecular weight excluding hydrogens is 210 g/mol. The maximum absolute atomic E-state index is 11.5. The van der Waals surface area contributed by atoms with Crippen LogP contribution in [-0.4, -0.2) is 25.8 Å². The summed E-state index contributed by atoms with van der Waals surface area (Å²) < 4.78 is 9.85. The molecular formula is C11H11NO4. The molecule has 0 atom stereocenters. The summed E-state index contributed by atoms with van der Waals surface area (Å²) in [7, 11) is 1.42. The lowest BCUT2D eigenvalue weighted by atomic mass is 10.2. The van der Waals surface area contributed by atoms with E-state index in [2.05, 4.69) is 4.99 Å². The van der Waals surface area contributed by atoms with Crippen molar-refractivity contribution >= 4 is 17.7 Å². The number of benzene rings is 1. The standard InChI is InChI=1S/C11H11NO4/c1-3-16-11(14)9-5-4-8(12-7-13)6-10(9)15-2/h4-6H,3H2,1-2H3. The second kappa shape index (κ2) is 5.68. The summed E-state index contributed by atoms with van der Waals surface area (Å²) in [6.45, 7) is 2.01. The van der Waals surface area contributed by atoms with E-state index in [0.717, 1.165) is 0 Å². The average molecular weight is 221 g/mol. The summed E-state index contributed by atoms with van der Waals surface area (Å²) in [4.78, 5) is 25.0. The highest BCUT2D eigenvalue weighted by Crippen LogP contribution is 2.25. The van der Waals surface area contributed by atoms with Crippen molar-refractivity contribution in [1.29, 1.82) is 0 Å². The molecule has 1 rings (SSSR count). The van der Waals surface area contributed by atoms with Gasteiger partial charge in [-0.15, -0.1) is 0 Å². The Morgan fingerprint density at radius 1 is 1.50 bits per heavy atom. The molecule has 0 saturated carbocycles. The maximum atomic E-state index is 11.5. The minimum atomic E-state index is -0.471. The number of esters is 1. The van der Waals surface area contributed by atoms with Crippen molar-refractivity contribution in [2.24, 2.45) is 4.99 Å². The van der Waals surface area contributed by atoms with Crippen molar-refractivity contribution in [3.05, 3.63) is 23.8 Å². The third-order valence-corrected chi connectivity index (χ3v) is 1.86. The predicted octanol–water partition coefficient (Wildman–Crippen LogP) is 1.84. The zero-order chi connectivity index (χ0) is 12.0. The van der Waals surface area contributed by atoms with Gasteiger partial charge < -0.3 is 9.47 Å². The summed E-state index contributed by atoms with van der Waals surface area (Å²) in [6, 6.07) is 4.48. The topological polar surface area (TPSA) is 65.0 Å². The molecule has 0 radical (unpaired) electrons. The quantitative estimate of drug-likeness (QED) is 0.442. The van der Waals surface area contributed by atoms with Crippen LogP contribution < -0.4 is 4.74 Å². The van der Waals surface area contributed by atoms with Crippen LogP contribution in [0.25, 0.3) is 0 Å². The molecule has 16 heavy (non-hydrogen) atoms. The largest absolute Gasteiger partial charge is 0.496 e. The van der Waals surface area contributed by atoms with Gasteiger partial charge in [-0.3, -0.25) is 0 Å². The lowest BCUT2D eigenvalue weighted by Gasteiger charge is -2.07. The Labute approximate surface area is 92.7 Å². The van der Waals surface area contributed by atoms with Gasteiger partial charge in [-0.25, -0.2) is 9.59 Å². The number of ether oxygens (including phenoxy) is 2. The predicted molar refractivity (Wildman–Crippen MR) is 56.7 cm³/mol. The Morgan fingerprint density at radius 2 is 2.25 bits per heavy atom. The van der Waals surface area contributed by atoms with Crippen molar-refractivity contribution in [3.8, 4) is 5.75 Å². The molecule has 1 aromatic rings. The van der Waals surface area contributed by atoms with Gasteiger partial charge in [0.2, 0.25) is 6.08 Å². The number of methoxy groups -OCH3 is 1. The maximum Gasteiger partial charge on any atom is 0.341 e. The van der Waals surface area contributed by atoms with E-state index in [0.29, 0.717) is 17.0 Å². The molecule has 0 N–H and O–H groups in total.